The first-order valence-corrected chi connectivity index (χ1v) is 5.23. The summed E-state index contributed by atoms with van der Waals surface area (Å²) in [5.74, 6) is 0. The van der Waals surface area contributed by atoms with E-state index in [1.165, 1.54) is 24.3 Å². The first kappa shape index (κ1) is 13.1. The third-order valence-corrected chi connectivity index (χ3v) is 2.55. The zero-order valence-corrected chi connectivity index (χ0v) is 9.49. The fourth-order valence-electron chi connectivity index (χ4n) is 1.75. The van der Waals surface area contributed by atoms with Gasteiger partial charge in [-0.25, -0.2) is 0 Å². The molecule has 0 radical (unpaired) electrons. The fraction of sp³-hybridized carbons (Fsp3) is 0.167. The zero-order chi connectivity index (χ0) is 14.0. The average Bonchev–Trinajstić information content (AvgIpc) is 2.82. The normalized spacial score (nSPS) is 11.3. The van der Waals surface area contributed by atoms with Crippen LogP contribution in [0, 0.1) is 11.3 Å². The summed E-state index contributed by atoms with van der Waals surface area (Å²) in [6, 6.07) is 7.56. The van der Waals surface area contributed by atoms with Gasteiger partial charge >= 0.3 is 6.18 Å². The molecular weight excluding hydrogens is 259 g/mol. The number of nitrogens with zero attached hydrogens (tertiary/aromatic N) is 2. The van der Waals surface area contributed by atoms with E-state index in [2.05, 4.69) is 10.2 Å². The van der Waals surface area contributed by atoms with E-state index in [-0.39, 0.29) is 22.4 Å². The van der Waals surface area contributed by atoms with E-state index < -0.39 is 18.5 Å². The van der Waals surface area contributed by atoms with Gasteiger partial charge in [-0.15, -0.1) is 0 Å². The fourth-order valence-corrected chi connectivity index (χ4v) is 1.75. The minimum atomic E-state index is -4.64. The second-order valence-corrected chi connectivity index (χ2v) is 3.77. The number of aliphatic hydroxyl groups excluding tert-OH is 1. The van der Waals surface area contributed by atoms with Gasteiger partial charge in [0.2, 0.25) is 0 Å². The Morgan fingerprint density at radius 2 is 2.11 bits per heavy atom. The van der Waals surface area contributed by atoms with Crippen molar-refractivity contribution in [3.8, 4) is 17.2 Å². The largest absolute Gasteiger partial charge is 0.435 e. The Hall–Kier alpha value is -2.33. The zero-order valence-electron chi connectivity index (χ0n) is 9.49. The summed E-state index contributed by atoms with van der Waals surface area (Å²) < 4.78 is 38.5. The lowest BCUT2D eigenvalue weighted by molar-refractivity contribution is -0.140. The molecule has 19 heavy (non-hydrogen) atoms. The number of aromatic nitrogens is 2. The van der Waals surface area contributed by atoms with Crippen molar-refractivity contribution in [1.82, 2.24) is 10.2 Å². The van der Waals surface area contributed by atoms with Gasteiger partial charge in [0, 0.05) is 5.56 Å². The predicted octanol–water partition coefficient (Wildman–Crippen LogP) is 2.46. The number of rotatable bonds is 2. The second kappa shape index (κ2) is 4.74. The van der Waals surface area contributed by atoms with Crippen LogP contribution >= 0.6 is 0 Å². The van der Waals surface area contributed by atoms with Crippen LogP contribution in [0.3, 0.4) is 0 Å². The monoisotopic (exact) mass is 267 g/mol. The lowest BCUT2D eigenvalue weighted by atomic mass is 10.0. The Morgan fingerprint density at radius 1 is 1.37 bits per heavy atom. The molecule has 1 aromatic carbocycles. The Kier molecular flexibility index (Phi) is 3.27. The van der Waals surface area contributed by atoms with Gasteiger partial charge in [0.25, 0.3) is 0 Å². The molecule has 0 saturated carbocycles. The quantitative estimate of drug-likeness (QED) is 0.877. The topological polar surface area (TPSA) is 72.7 Å². The van der Waals surface area contributed by atoms with Crippen molar-refractivity contribution in [3.63, 3.8) is 0 Å². The molecule has 0 unspecified atom stereocenters. The van der Waals surface area contributed by atoms with Gasteiger partial charge in [0.05, 0.1) is 23.9 Å². The molecular formula is C12H8F3N3O. The van der Waals surface area contributed by atoms with Crippen LogP contribution in [-0.2, 0) is 12.8 Å². The molecule has 0 aliphatic carbocycles. The third-order valence-electron chi connectivity index (χ3n) is 2.55. The van der Waals surface area contributed by atoms with Gasteiger partial charge in [0.1, 0.15) is 0 Å². The van der Waals surface area contributed by atoms with Crippen molar-refractivity contribution in [2.75, 3.05) is 0 Å². The minimum absolute atomic E-state index is 0.0394. The standard InChI is InChI=1S/C12H8F3N3O/c13-12(14,15)11-10(9(6-19)17-18-11)8-3-1-2-7(4-8)5-16/h1-4,19H,6H2,(H,17,18). The highest BCUT2D eigenvalue weighted by molar-refractivity contribution is 5.70. The smallest absolute Gasteiger partial charge is 0.390 e. The number of benzene rings is 1. The van der Waals surface area contributed by atoms with Crippen LogP contribution in [0.1, 0.15) is 17.0 Å². The summed E-state index contributed by atoms with van der Waals surface area (Å²) in [5.41, 5.74) is -0.957. The van der Waals surface area contributed by atoms with Gasteiger partial charge in [-0.3, -0.25) is 5.10 Å². The molecule has 2 N–H and O–H groups in total. The lowest BCUT2D eigenvalue weighted by Crippen LogP contribution is -2.07. The summed E-state index contributed by atoms with van der Waals surface area (Å²) >= 11 is 0. The molecule has 7 heteroatoms. The summed E-state index contributed by atoms with van der Waals surface area (Å²) in [4.78, 5) is 0. The molecule has 0 spiro atoms. The Bertz CT molecular complexity index is 640. The molecule has 0 saturated heterocycles. The summed E-state index contributed by atoms with van der Waals surface area (Å²) in [7, 11) is 0. The Morgan fingerprint density at radius 3 is 2.68 bits per heavy atom. The average molecular weight is 267 g/mol. The maximum absolute atomic E-state index is 12.8. The van der Waals surface area contributed by atoms with Crippen molar-refractivity contribution in [2.45, 2.75) is 12.8 Å². The van der Waals surface area contributed by atoms with Crippen LogP contribution in [0.5, 0.6) is 0 Å². The van der Waals surface area contributed by atoms with Crippen molar-refractivity contribution in [2.24, 2.45) is 0 Å². The molecule has 0 atom stereocenters. The number of hydrogen-bond donors (Lipinski definition) is 2. The molecule has 2 aromatic rings. The molecule has 4 nitrogen and oxygen atoms in total. The molecule has 1 aromatic heterocycles. The van der Waals surface area contributed by atoms with Crippen LogP contribution in [0.25, 0.3) is 11.1 Å². The van der Waals surface area contributed by atoms with Crippen molar-refractivity contribution >= 4 is 0 Å². The second-order valence-electron chi connectivity index (χ2n) is 3.77. The van der Waals surface area contributed by atoms with Crippen LogP contribution in [0.2, 0.25) is 0 Å². The van der Waals surface area contributed by atoms with Crippen LogP contribution in [0.15, 0.2) is 24.3 Å². The van der Waals surface area contributed by atoms with Crippen molar-refractivity contribution < 1.29 is 18.3 Å². The van der Waals surface area contributed by atoms with Crippen LogP contribution in [-0.4, -0.2) is 15.3 Å². The lowest BCUT2D eigenvalue weighted by Gasteiger charge is -2.08. The highest BCUT2D eigenvalue weighted by atomic mass is 19.4. The SMILES string of the molecule is N#Cc1cccc(-c2c(C(F)(F)F)n[nH]c2CO)c1. The number of aromatic amines is 1. The van der Waals surface area contributed by atoms with Crippen LogP contribution < -0.4 is 0 Å². The molecule has 0 aliphatic heterocycles. The van der Waals surface area contributed by atoms with E-state index in [9.17, 15) is 13.2 Å². The minimum Gasteiger partial charge on any atom is -0.390 e. The van der Waals surface area contributed by atoms with Gasteiger partial charge in [-0.2, -0.15) is 23.5 Å². The summed E-state index contributed by atoms with van der Waals surface area (Å²) in [6.45, 7) is -0.602. The Labute approximate surface area is 106 Å². The molecule has 2 rings (SSSR count). The summed E-state index contributed by atoms with van der Waals surface area (Å²) in [5, 5.41) is 23.2. The van der Waals surface area contributed by atoms with Crippen molar-refractivity contribution in [1.29, 1.82) is 5.26 Å². The van der Waals surface area contributed by atoms with E-state index in [1.54, 1.807) is 0 Å². The van der Waals surface area contributed by atoms with E-state index in [4.69, 9.17) is 10.4 Å². The predicted molar refractivity (Wildman–Crippen MR) is 59.7 cm³/mol. The van der Waals surface area contributed by atoms with Gasteiger partial charge in [-0.1, -0.05) is 12.1 Å². The first-order chi connectivity index (χ1) is 8.97. The highest BCUT2D eigenvalue weighted by Crippen LogP contribution is 2.37. The number of H-pyrrole nitrogens is 1. The Balaban J connectivity index is 2.66. The molecule has 0 bridgehead atoms. The number of halogens is 3. The maximum Gasteiger partial charge on any atom is 0.435 e. The number of alkyl halides is 3. The van der Waals surface area contributed by atoms with E-state index >= 15 is 0 Å². The molecule has 1 heterocycles. The van der Waals surface area contributed by atoms with Gasteiger partial charge in [-0.05, 0) is 17.7 Å². The first-order valence-electron chi connectivity index (χ1n) is 5.23. The number of nitrogens with one attached hydrogen (secondary N) is 1. The van der Waals surface area contributed by atoms with E-state index in [0.717, 1.165) is 0 Å². The molecule has 0 fully saturated rings. The third kappa shape index (κ3) is 2.44. The van der Waals surface area contributed by atoms with E-state index in [1.807, 2.05) is 6.07 Å². The summed E-state index contributed by atoms with van der Waals surface area (Å²) in [6.07, 6.45) is -4.64. The number of hydrogen-bond acceptors (Lipinski definition) is 3. The van der Waals surface area contributed by atoms with Gasteiger partial charge < -0.3 is 5.11 Å². The van der Waals surface area contributed by atoms with E-state index in [0.29, 0.717) is 0 Å². The van der Waals surface area contributed by atoms with Gasteiger partial charge in [0.15, 0.2) is 5.69 Å². The molecule has 98 valence electrons. The highest BCUT2D eigenvalue weighted by Gasteiger charge is 2.38. The maximum atomic E-state index is 12.8. The molecule has 0 aliphatic rings. The van der Waals surface area contributed by atoms with Crippen molar-refractivity contribution in [3.05, 3.63) is 41.2 Å². The van der Waals surface area contributed by atoms with Crippen LogP contribution in [0.4, 0.5) is 13.2 Å². The number of nitriles is 1. The molecule has 0 amide bonds. The number of aliphatic hydroxyl groups is 1.